The largest absolute Gasteiger partial charge is 0.308 e. The molecule has 330 valence electrons. The molecule has 0 spiro atoms. The van der Waals surface area contributed by atoms with Crippen molar-refractivity contribution in [3.63, 3.8) is 0 Å². The first-order chi connectivity index (χ1) is 34.5. The van der Waals surface area contributed by atoms with E-state index in [0.717, 1.165) is 111 Å². The molecular weight excluding hydrogens is 853 g/mol. The summed E-state index contributed by atoms with van der Waals surface area (Å²) in [5.74, 6) is 1.16. The Morgan fingerprint density at radius 1 is 0.300 bits per heavy atom. The van der Waals surface area contributed by atoms with E-state index in [1.165, 1.54) is 11.1 Å². The Morgan fingerprint density at radius 3 is 1.10 bits per heavy atom. The van der Waals surface area contributed by atoms with E-state index in [1.54, 1.807) is 0 Å². The molecule has 0 fully saturated rings. The van der Waals surface area contributed by atoms with Gasteiger partial charge in [0, 0.05) is 49.4 Å². The number of hydrogen-bond donors (Lipinski definition) is 0. The van der Waals surface area contributed by atoms with E-state index in [2.05, 4.69) is 229 Å². The molecule has 6 heteroatoms. The van der Waals surface area contributed by atoms with Crippen LogP contribution in [0, 0.1) is 13.8 Å². The van der Waals surface area contributed by atoms with Gasteiger partial charge in [-0.05, 0) is 74.5 Å². The van der Waals surface area contributed by atoms with Gasteiger partial charge in [-0.25, -0.2) is 19.9 Å². The van der Waals surface area contributed by atoms with Crippen LogP contribution in [0.1, 0.15) is 11.1 Å². The Morgan fingerprint density at radius 2 is 0.671 bits per heavy atom. The molecular formula is C64H44N6. The number of aromatic nitrogens is 6. The van der Waals surface area contributed by atoms with E-state index in [0.29, 0.717) is 11.6 Å². The summed E-state index contributed by atoms with van der Waals surface area (Å²) < 4.78 is 4.82. The van der Waals surface area contributed by atoms with Crippen molar-refractivity contribution in [3.8, 4) is 79.2 Å². The number of hydrogen-bond acceptors (Lipinski definition) is 4. The lowest BCUT2D eigenvalue weighted by molar-refractivity contribution is 1.09. The summed E-state index contributed by atoms with van der Waals surface area (Å²) in [7, 11) is 0. The van der Waals surface area contributed by atoms with Crippen molar-refractivity contribution in [2.24, 2.45) is 0 Å². The van der Waals surface area contributed by atoms with Gasteiger partial charge in [-0.2, -0.15) is 0 Å². The molecule has 4 aromatic heterocycles. The highest BCUT2D eigenvalue weighted by Gasteiger charge is 2.29. The maximum absolute atomic E-state index is 5.68. The minimum Gasteiger partial charge on any atom is -0.308 e. The van der Waals surface area contributed by atoms with E-state index >= 15 is 0 Å². The van der Waals surface area contributed by atoms with Gasteiger partial charge in [0.05, 0.1) is 61.8 Å². The van der Waals surface area contributed by atoms with Crippen molar-refractivity contribution in [1.29, 1.82) is 0 Å². The molecule has 0 amide bonds. The van der Waals surface area contributed by atoms with Crippen LogP contribution >= 0.6 is 0 Å². The fraction of sp³-hybridized carbons (Fsp3) is 0.0312. The third-order valence-electron chi connectivity index (χ3n) is 13.5. The quantitative estimate of drug-likeness (QED) is 0.152. The summed E-state index contributed by atoms with van der Waals surface area (Å²) in [5.41, 5.74) is 17.4. The van der Waals surface area contributed by atoms with Gasteiger partial charge in [0.15, 0.2) is 11.6 Å². The lowest BCUT2D eigenvalue weighted by atomic mass is 9.99. The smallest absolute Gasteiger partial charge is 0.164 e. The Kier molecular flexibility index (Phi) is 9.84. The minimum atomic E-state index is 0.575. The maximum Gasteiger partial charge on any atom is 0.164 e. The molecule has 6 nitrogen and oxygen atoms in total. The second-order valence-corrected chi connectivity index (χ2v) is 18.0. The van der Waals surface area contributed by atoms with Crippen LogP contribution in [0.15, 0.2) is 231 Å². The van der Waals surface area contributed by atoms with Crippen molar-refractivity contribution in [3.05, 3.63) is 242 Å². The molecule has 0 unspecified atom stereocenters. The number of para-hydroxylation sites is 2. The topological polar surface area (TPSA) is 61.4 Å². The van der Waals surface area contributed by atoms with Crippen molar-refractivity contribution in [1.82, 2.24) is 29.1 Å². The highest BCUT2D eigenvalue weighted by atomic mass is 15.1. The zero-order valence-electron chi connectivity index (χ0n) is 38.6. The normalized spacial score (nSPS) is 11.6. The average molecular weight is 897 g/mol. The molecule has 0 saturated heterocycles. The zero-order chi connectivity index (χ0) is 46.7. The number of rotatable bonds is 8. The van der Waals surface area contributed by atoms with Crippen LogP contribution in [0.25, 0.3) is 123 Å². The second-order valence-electron chi connectivity index (χ2n) is 18.0. The monoisotopic (exact) mass is 896 g/mol. The lowest BCUT2D eigenvalue weighted by Crippen LogP contribution is -2.09. The molecule has 0 atom stereocenters. The number of aryl methyl sites for hydroxylation is 2. The maximum atomic E-state index is 5.68. The van der Waals surface area contributed by atoms with Crippen LogP contribution in [0.3, 0.4) is 0 Å². The summed E-state index contributed by atoms with van der Waals surface area (Å²) in [5, 5.41) is 4.64. The number of nitrogens with zero attached hydrogens (tertiary/aromatic N) is 6. The Bertz CT molecular complexity index is 3890. The molecule has 0 aliphatic rings. The molecule has 0 aliphatic heterocycles. The van der Waals surface area contributed by atoms with Crippen molar-refractivity contribution >= 4 is 43.6 Å². The molecule has 0 radical (unpaired) electrons. The molecule has 0 saturated carbocycles. The second kappa shape index (κ2) is 16.8. The first-order valence-electron chi connectivity index (χ1n) is 23.7. The molecule has 13 aromatic rings. The summed E-state index contributed by atoms with van der Waals surface area (Å²) in [4.78, 5) is 22.4. The van der Waals surface area contributed by atoms with Gasteiger partial charge in [-0.15, -0.1) is 0 Å². The Hall–Kier alpha value is -9.26. The van der Waals surface area contributed by atoms with Crippen LogP contribution in [0.4, 0.5) is 0 Å². The molecule has 4 heterocycles. The average Bonchev–Trinajstić information content (AvgIpc) is 3.93. The van der Waals surface area contributed by atoms with Crippen molar-refractivity contribution in [2.75, 3.05) is 0 Å². The molecule has 13 rings (SSSR count). The predicted molar refractivity (Wildman–Crippen MR) is 288 cm³/mol. The van der Waals surface area contributed by atoms with Crippen LogP contribution in [0.2, 0.25) is 0 Å². The van der Waals surface area contributed by atoms with Gasteiger partial charge in [0.25, 0.3) is 0 Å². The van der Waals surface area contributed by atoms with E-state index in [9.17, 15) is 0 Å². The Labute approximate surface area is 405 Å². The SMILES string of the molecule is Cc1ccc2c(c1)c1cc(C)ccc1n2-c1c(-c2nc(-c3ccccc3)cc(-c3ccccc3)n2)ccc(-n2c3ccccc3c3ccccc32)c1-c1nc(-c2ccccc2)cc(-c2ccccc2)n1. The standard InChI is InChI=1S/C64H44N6/c1-41-31-34-58-50(37-41)51-38-42(2)32-35-59(51)70(58)62-49(63-65-52(43-19-7-3-8-20-43)39-53(66-63)44-21-9-4-10-22-44)33-36-60(69-56-29-17-15-27-47(56)48-28-16-18-30-57(48)69)61(62)64-67-54(45-23-11-5-12-24-45)40-55(68-64)46-25-13-6-14-26-46/h3-40H,1-2H3. The first-order valence-corrected chi connectivity index (χ1v) is 23.7. The third kappa shape index (κ3) is 6.96. The fourth-order valence-corrected chi connectivity index (χ4v) is 10.2. The van der Waals surface area contributed by atoms with Gasteiger partial charge in [-0.1, -0.05) is 181 Å². The molecule has 0 aliphatic carbocycles. The number of fused-ring (bicyclic) bond motifs is 6. The van der Waals surface area contributed by atoms with Crippen LogP contribution in [-0.2, 0) is 0 Å². The van der Waals surface area contributed by atoms with E-state index in [4.69, 9.17) is 19.9 Å². The van der Waals surface area contributed by atoms with Crippen LogP contribution in [-0.4, -0.2) is 29.1 Å². The highest BCUT2D eigenvalue weighted by molar-refractivity contribution is 6.13. The molecule has 70 heavy (non-hydrogen) atoms. The summed E-state index contributed by atoms with van der Waals surface area (Å²) in [6.07, 6.45) is 0. The molecule has 9 aromatic carbocycles. The third-order valence-corrected chi connectivity index (χ3v) is 13.5. The van der Waals surface area contributed by atoms with Gasteiger partial charge in [0.2, 0.25) is 0 Å². The first kappa shape index (κ1) is 41.0. The fourth-order valence-electron chi connectivity index (χ4n) is 10.2. The van der Waals surface area contributed by atoms with Gasteiger partial charge < -0.3 is 9.13 Å². The van der Waals surface area contributed by atoms with E-state index in [1.807, 2.05) is 24.3 Å². The van der Waals surface area contributed by atoms with E-state index < -0.39 is 0 Å². The summed E-state index contributed by atoms with van der Waals surface area (Å²) in [6.45, 7) is 4.33. The van der Waals surface area contributed by atoms with Gasteiger partial charge in [-0.3, -0.25) is 0 Å². The number of benzene rings is 9. The lowest BCUT2D eigenvalue weighted by Gasteiger charge is -2.23. The van der Waals surface area contributed by atoms with Gasteiger partial charge in [0.1, 0.15) is 0 Å². The summed E-state index contributed by atoms with van der Waals surface area (Å²) >= 11 is 0. The summed E-state index contributed by atoms with van der Waals surface area (Å²) in [6, 6.07) is 81.2. The molecule has 0 N–H and O–H groups in total. The predicted octanol–water partition coefficient (Wildman–Crippen LogP) is 16.1. The van der Waals surface area contributed by atoms with Crippen LogP contribution < -0.4 is 0 Å². The van der Waals surface area contributed by atoms with Crippen LogP contribution in [0.5, 0.6) is 0 Å². The van der Waals surface area contributed by atoms with E-state index in [-0.39, 0.29) is 0 Å². The zero-order valence-corrected chi connectivity index (χ0v) is 38.6. The van der Waals surface area contributed by atoms with Gasteiger partial charge >= 0.3 is 0 Å². The van der Waals surface area contributed by atoms with Crippen molar-refractivity contribution in [2.45, 2.75) is 13.8 Å². The van der Waals surface area contributed by atoms with Crippen molar-refractivity contribution < 1.29 is 0 Å². The molecule has 0 bridgehead atoms. The highest BCUT2D eigenvalue weighted by Crippen LogP contribution is 2.46. The minimum absolute atomic E-state index is 0.575. The Balaban J connectivity index is 1.26.